The van der Waals surface area contributed by atoms with Crippen molar-refractivity contribution in [3.8, 4) is 0 Å². The molecular weight excluding hydrogens is 383 g/mol. The Kier molecular flexibility index (Phi) is 6.02. The molecule has 4 aliphatic carbocycles. The summed E-state index contributed by atoms with van der Waals surface area (Å²) in [4.78, 5) is 11.6. The number of aliphatic hydroxyl groups excluding tert-OH is 2. The minimum absolute atomic E-state index is 0.113. The second-order valence-electron chi connectivity index (χ2n) is 11.6. The van der Waals surface area contributed by atoms with E-state index in [1.165, 1.54) is 7.11 Å². The number of fused-ring (bicyclic) bond motifs is 5. The maximum Gasteiger partial charge on any atom is 0.305 e. The number of hydrogen-bond acceptors (Lipinski definition) is 4. The van der Waals surface area contributed by atoms with Gasteiger partial charge in [-0.2, -0.15) is 0 Å². The monoisotopic (exact) mass is 424 g/mol. The lowest BCUT2D eigenvalue weighted by Crippen LogP contribution is -2.60. The highest BCUT2D eigenvalue weighted by atomic mass is 19.1. The molecule has 4 unspecified atom stereocenters. The summed E-state index contributed by atoms with van der Waals surface area (Å²) in [7, 11) is 1.45. The Morgan fingerprint density at radius 3 is 2.47 bits per heavy atom. The van der Waals surface area contributed by atoms with Crippen molar-refractivity contribution in [2.45, 2.75) is 96.9 Å². The molecule has 2 N–H and O–H groups in total. The number of methoxy groups -OCH3 is 1. The van der Waals surface area contributed by atoms with Gasteiger partial charge in [0.15, 0.2) is 0 Å². The van der Waals surface area contributed by atoms with E-state index in [-0.39, 0.29) is 34.7 Å². The van der Waals surface area contributed by atoms with E-state index >= 15 is 0 Å². The molecule has 0 radical (unpaired) electrons. The predicted molar refractivity (Wildman–Crippen MR) is 113 cm³/mol. The Morgan fingerprint density at radius 2 is 1.77 bits per heavy atom. The summed E-state index contributed by atoms with van der Waals surface area (Å²) in [5.74, 6) is 2.17. The number of alkyl halides is 1. The summed E-state index contributed by atoms with van der Waals surface area (Å²) in [6, 6.07) is 0. The Labute approximate surface area is 181 Å². The molecule has 5 heteroatoms. The first-order valence-electron chi connectivity index (χ1n) is 12.2. The average molecular weight is 425 g/mol. The molecule has 0 aromatic heterocycles. The van der Waals surface area contributed by atoms with E-state index in [1.807, 2.05) is 0 Å². The fraction of sp³-hybridized carbons (Fsp3) is 0.960. The van der Waals surface area contributed by atoms with Crippen molar-refractivity contribution in [1.29, 1.82) is 0 Å². The fourth-order valence-electron chi connectivity index (χ4n) is 8.82. The quantitative estimate of drug-likeness (QED) is 0.652. The van der Waals surface area contributed by atoms with Crippen molar-refractivity contribution in [2.75, 3.05) is 7.11 Å². The van der Waals surface area contributed by atoms with Crippen LogP contribution in [-0.4, -0.2) is 41.7 Å². The molecule has 30 heavy (non-hydrogen) atoms. The molecule has 4 rings (SSSR count). The zero-order chi connectivity index (χ0) is 21.8. The molecule has 0 amide bonds. The average Bonchev–Trinajstić information content (AvgIpc) is 3.05. The van der Waals surface area contributed by atoms with Crippen molar-refractivity contribution in [1.82, 2.24) is 0 Å². The predicted octanol–water partition coefficient (Wildman–Crippen LogP) is 4.51. The third kappa shape index (κ3) is 3.43. The molecule has 0 saturated heterocycles. The molecule has 4 nitrogen and oxygen atoms in total. The van der Waals surface area contributed by atoms with Crippen molar-refractivity contribution in [2.24, 2.45) is 46.3 Å². The molecule has 0 aromatic rings. The van der Waals surface area contributed by atoms with Crippen molar-refractivity contribution in [3.63, 3.8) is 0 Å². The van der Waals surface area contributed by atoms with Gasteiger partial charge in [-0.25, -0.2) is 4.39 Å². The molecule has 172 valence electrons. The van der Waals surface area contributed by atoms with Crippen LogP contribution in [0.1, 0.15) is 78.6 Å². The summed E-state index contributed by atoms with van der Waals surface area (Å²) in [5.41, 5.74) is 0.0721. The zero-order valence-electron chi connectivity index (χ0n) is 19.1. The molecule has 0 bridgehead atoms. The molecular formula is C25H41FO4. The number of rotatable bonds is 4. The Balaban J connectivity index is 1.54. The molecule has 0 aromatic carbocycles. The number of carbonyl (C=O) groups excluding carboxylic acids is 1. The lowest BCUT2D eigenvalue weighted by Gasteiger charge is -2.62. The largest absolute Gasteiger partial charge is 0.469 e. The standard InChI is InChI=1S/C25H41FO4/c1-14(5-8-22(29)30-4)16-6-7-17-23-18(9-10-24(16,17)2)25(3)13-19(26)20(27)11-15(25)12-21(23)28/h14-21,23,27-28H,5-13H2,1-4H3/t14-,15+,16-,17?,18?,19-,20-,21?,23?,24-,25+/m1/s1. The first kappa shape index (κ1) is 22.5. The summed E-state index contributed by atoms with van der Waals surface area (Å²) in [6.45, 7) is 6.94. The van der Waals surface area contributed by atoms with Crippen molar-refractivity contribution < 1.29 is 24.1 Å². The van der Waals surface area contributed by atoms with Gasteiger partial charge in [0.1, 0.15) is 6.17 Å². The van der Waals surface area contributed by atoms with Gasteiger partial charge in [-0.05, 0) is 97.7 Å². The number of aliphatic hydroxyl groups is 2. The van der Waals surface area contributed by atoms with Gasteiger partial charge in [0.2, 0.25) is 0 Å². The highest BCUT2D eigenvalue weighted by Crippen LogP contribution is 2.68. The van der Waals surface area contributed by atoms with Crippen LogP contribution in [0.2, 0.25) is 0 Å². The van der Waals surface area contributed by atoms with Crippen LogP contribution in [0.25, 0.3) is 0 Å². The molecule has 0 heterocycles. The minimum Gasteiger partial charge on any atom is -0.469 e. The van der Waals surface area contributed by atoms with Gasteiger partial charge in [0, 0.05) is 6.42 Å². The fourth-order valence-corrected chi connectivity index (χ4v) is 8.82. The maximum atomic E-state index is 14.6. The summed E-state index contributed by atoms with van der Waals surface area (Å²) in [5, 5.41) is 21.4. The first-order chi connectivity index (χ1) is 14.1. The van der Waals surface area contributed by atoms with Crippen LogP contribution in [-0.2, 0) is 9.53 Å². The van der Waals surface area contributed by atoms with Gasteiger partial charge in [-0.15, -0.1) is 0 Å². The number of esters is 1. The van der Waals surface area contributed by atoms with Crippen LogP contribution >= 0.6 is 0 Å². The van der Waals surface area contributed by atoms with E-state index in [2.05, 4.69) is 20.8 Å². The topological polar surface area (TPSA) is 66.8 Å². The SMILES string of the molecule is COC(=O)CC[C@@H](C)[C@H]1CCC2C3C(O)C[C@@H]4C[C@@H](O)[C@H](F)C[C@]4(C)C3CC[C@@]21C. The molecule has 4 aliphatic rings. The van der Waals surface area contributed by atoms with Crippen LogP contribution in [0.15, 0.2) is 0 Å². The summed E-state index contributed by atoms with van der Waals surface area (Å²) < 4.78 is 19.4. The van der Waals surface area contributed by atoms with Crippen LogP contribution in [0.3, 0.4) is 0 Å². The van der Waals surface area contributed by atoms with E-state index in [0.29, 0.717) is 49.4 Å². The molecule has 11 atom stereocenters. The molecule has 0 spiro atoms. The van der Waals surface area contributed by atoms with E-state index in [9.17, 15) is 19.4 Å². The van der Waals surface area contributed by atoms with Gasteiger partial charge in [-0.1, -0.05) is 20.8 Å². The summed E-state index contributed by atoms with van der Waals surface area (Å²) in [6.07, 6.45) is 5.09. The van der Waals surface area contributed by atoms with Gasteiger partial charge in [-0.3, -0.25) is 4.79 Å². The van der Waals surface area contributed by atoms with Crippen LogP contribution in [0, 0.1) is 46.3 Å². The molecule has 4 fully saturated rings. The smallest absolute Gasteiger partial charge is 0.305 e. The number of hydrogen-bond donors (Lipinski definition) is 2. The Morgan fingerprint density at radius 1 is 1.10 bits per heavy atom. The number of halogens is 1. The van der Waals surface area contributed by atoms with Gasteiger partial charge < -0.3 is 14.9 Å². The maximum absolute atomic E-state index is 14.6. The zero-order valence-corrected chi connectivity index (χ0v) is 19.1. The minimum atomic E-state index is -1.13. The number of ether oxygens (including phenoxy) is 1. The van der Waals surface area contributed by atoms with Crippen molar-refractivity contribution in [3.05, 3.63) is 0 Å². The van der Waals surface area contributed by atoms with Gasteiger partial charge in [0.05, 0.1) is 19.3 Å². The molecule has 4 saturated carbocycles. The Bertz CT molecular complexity index is 655. The molecule has 0 aliphatic heterocycles. The van der Waals surface area contributed by atoms with E-state index in [0.717, 1.165) is 32.1 Å². The lowest BCUT2D eigenvalue weighted by molar-refractivity contribution is -0.186. The highest BCUT2D eigenvalue weighted by molar-refractivity contribution is 5.69. The second-order valence-corrected chi connectivity index (χ2v) is 11.6. The van der Waals surface area contributed by atoms with Crippen molar-refractivity contribution >= 4 is 5.97 Å². The Hall–Kier alpha value is -0.680. The van der Waals surface area contributed by atoms with E-state index in [1.54, 1.807) is 0 Å². The lowest BCUT2D eigenvalue weighted by atomic mass is 9.43. The van der Waals surface area contributed by atoms with Crippen LogP contribution in [0.5, 0.6) is 0 Å². The van der Waals surface area contributed by atoms with Crippen LogP contribution < -0.4 is 0 Å². The first-order valence-corrected chi connectivity index (χ1v) is 12.2. The van der Waals surface area contributed by atoms with E-state index in [4.69, 9.17) is 4.74 Å². The third-order valence-electron chi connectivity index (χ3n) is 10.5. The summed E-state index contributed by atoms with van der Waals surface area (Å²) >= 11 is 0. The number of carbonyl (C=O) groups is 1. The van der Waals surface area contributed by atoms with Crippen LogP contribution in [0.4, 0.5) is 4.39 Å². The van der Waals surface area contributed by atoms with Gasteiger partial charge in [0.25, 0.3) is 0 Å². The highest BCUT2D eigenvalue weighted by Gasteiger charge is 2.63. The third-order valence-corrected chi connectivity index (χ3v) is 10.5. The van der Waals surface area contributed by atoms with Gasteiger partial charge >= 0.3 is 5.97 Å². The van der Waals surface area contributed by atoms with E-state index < -0.39 is 12.3 Å². The second kappa shape index (κ2) is 8.03. The normalized spacial score (nSPS) is 51.4.